The summed E-state index contributed by atoms with van der Waals surface area (Å²) in [6, 6.07) is 11.3. The number of hydrogen-bond donors (Lipinski definition) is 3. The van der Waals surface area contributed by atoms with Gasteiger partial charge in [0.1, 0.15) is 16.3 Å². The molecule has 0 aliphatic carbocycles. The van der Waals surface area contributed by atoms with Crippen molar-refractivity contribution in [2.24, 2.45) is 0 Å². The molecule has 0 fully saturated rings. The number of halogens is 1. The summed E-state index contributed by atoms with van der Waals surface area (Å²) in [4.78, 5) is 16.8. The van der Waals surface area contributed by atoms with Crippen LogP contribution in [-0.4, -0.2) is 49.2 Å². The number of fused-ring (bicyclic) bond motifs is 1. The molecule has 0 radical (unpaired) electrons. The van der Waals surface area contributed by atoms with Gasteiger partial charge in [-0.3, -0.25) is 9.52 Å². The first-order valence-corrected chi connectivity index (χ1v) is 12.4. The molecule has 10 nitrogen and oxygen atoms in total. The number of nitrogens with zero attached hydrogens (tertiary/aromatic N) is 3. The highest BCUT2D eigenvalue weighted by Gasteiger charge is 2.20. The molecule has 182 valence electrons. The van der Waals surface area contributed by atoms with E-state index in [-0.39, 0.29) is 15.8 Å². The first kappa shape index (κ1) is 24.5. The molecule has 0 saturated carbocycles. The normalized spacial score (nSPS) is 11.5. The van der Waals surface area contributed by atoms with Crippen molar-refractivity contribution < 1.29 is 17.9 Å². The lowest BCUT2D eigenvalue weighted by atomic mass is 10.0. The molecule has 1 amide bonds. The molecule has 4 aromatic rings. The van der Waals surface area contributed by atoms with Crippen molar-refractivity contribution in [1.29, 1.82) is 0 Å². The van der Waals surface area contributed by atoms with Crippen LogP contribution in [0.5, 0.6) is 0 Å². The summed E-state index contributed by atoms with van der Waals surface area (Å²) >= 11 is 6.05. The van der Waals surface area contributed by atoms with E-state index in [1.807, 2.05) is 6.92 Å². The van der Waals surface area contributed by atoms with Crippen molar-refractivity contribution in [3.05, 3.63) is 71.0 Å². The van der Waals surface area contributed by atoms with E-state index in [1.165, 1.54) is 22.8 Å². The lowest BCUT2D eigenvalue weighted by molar-refractivity contribution is 0.0938. The third-order valence-corrected chi connectivity index (χ3v) is 7.18. The molecule has 2 aromatic heterocycles. The average Bonchev–Trinajstić information content (AvgIpc) is 3.25. The quantitative estimate of drug-likeness (QED) is 0.307. The van der Waals surface area contributed by atoms with E-state index in [0.29, 0.717) is 41.4 Å². The Hall–Kier alpha value is -3.67. The molecule has 0 atom stereocenters. The van der Waals surface area contributed by atoms with Gasteiger partial charge in [-0.15, -0.1) is 0 Å². The van der Waals surface area contributed by atoms with Gasteiger partial charge in [0.2, 0.25) is 0 Å². The fourth-order valence-electron chi connectivity index (χ4n) is 3.58. The van der Waals surface area contributed by atoms with Crippen molar-refractivity contribution in [2.45, 2.75) is 11.8 Å². The largest absolute Gasteiger partial charge is 0.383 e. The summed E-state index contributed by atoms with van der Waals surface area (Å²) < 4.78 is 34.4. The SMILES string of the molecule is COCCNC(=O)c1cnn2c(N)c(-c3ccc(NS(=O)(=O)c4ccccc4Cl)cc3C)cnc12. The van der Waals surface area contributed by atoms with Gasteiger partial charge in [-0.05, 0) is 42.3 Å². The number of rotatable bonds is 8. The van der Waals surface area contributed by atoms with Gasteiger partial charge in [0.15, 0.2) is 5.65 Å². The van der Waals surface area contributed by atoms with Crippen molar-refractivity contribution in [3.63, 3.8) is 0 Å². The highest BCUT2D eigenvalue weighted by molar-refractivity contribution is 7.92. The zero-order valence-electron chi connectivity index (χ0n) is 18.9. The predicted octanol–water partition coefficient (Wildman–Crippen LogP) is 3.12. The van der Waals surface area contributed by atoms with Crippen LogP contribution in [0.25, 0.3) is 16.8 Å². The van der Waals surface area contributed by atoms with Crippen LogP contribution < -0.4 is 15.8 Å². The molecule has 2 aromatic carbocycles. The minimum absolute atomic E-state index is 0.0111. The Morgan fingerprint density at radius 1 is 1.17 bits per heavy atom. The van der Waals surface area contributed by atoms with E-state index in [0.717, 1.165) is 11.1 Å². The van der Waals surface area contributed by atoms with Gasteiger partial charge >= 0.3 is 0 Å². The third kappa shape index (κ3) is 4.92. The minimum atomic E-state index is -3.87. The number of carbonyl (C=O) groups excluding carboxylic acids is 1. The fourth-order valence-corrected chi connectivity index (χ4v) is 5.15. The third-order valence-electron chi connectivity index (χ3n) is 5.30. The first-order chi connectivity index (χ1) is 16.7. The first-order valence-electron chi connectivity index (χ1n) is 10.5. The number of ether oxygens (including phenoxy) is 1. The van der Waals surface area contributed by atoms with E-state index < -0.39 is 10.0 Å². The number of aromatic nitrogens is 3. The van der Waals surface area contributed by atoms with Gasteiger partial charge in [-0.1, -0.05) is 29.8 Å². The molecule has 0 spiro atoms. The van der Waals surface area contributed by atoms with Crippen LogP contribution in [0.2, 0.25) is 5.02 Å². The Bertz CT molecular complexity index is 1520. The molecule has 0 bridgehead atoms. The van der Waals surface area contributed by atoms with E-state index in [9.17, 15) is 13.2 Å². The van der Waals surface area contributed by atoms with Crippen molar-refractivity contribution in [3.8, 4) is 11.1 Å². The Morgan fingerprint density at radius 2 is 1.94 bits per heavy atom. The molecule has 12 heteroatoms. The maximum atomic E-state index is 12.8. The second-order valence-electron chi connectivity index (χ2n) is 7.67. The van der Waals surface area contributed by atoms with Crippen LogP contribution in [0, 0.1) is 6.92 Å². The van der Waals surface area contributed by atoms with Gasteiger partial charge in [0.05, 0.1) is 17.8 Å². The fraction of sp³-hybridized carbons (Fsp3) is 0.174. The molecular formula is C23H23ClN6O4S. The number of nitrogens with two attached hydrogens (primary N) is 1. The molecule has 2 heterocycles. The molecule has 0 saturated heterocycles. The summed E-state index contributed by atoms with van der Waals surface area (Å²) in [6.45, 7) is 2.56. The van der Waals surface area contributed by atoms with Crippen molar-refractivity contribution in [2.75, 3.05) is 30.7 Å². The number of benzene rings is 2. The Labute approximate surface area is 207 Å². The maximum absolute atomic E-state index is 12.8. The second-order valence-corrected chi connectivity index (χ2v) is 9.72. The second kappa shape index (κ2) is 9.90. The summed E-state index contributed by atoms with van der Waals surface area (Å²) in [5.41, 5.74) is 9.43. The number of amides is 1. The summed E-state index contributed by atoms with van der Waals surface area (Å²) in [5, 5.41) is 7.09. The number of anilines is 2. The Balaban J connectivity index is 1.63. The number of carbonyl (C=O) groups is 1. The number of hydrogen-bond acceptors (Lipinski definition) is 7. The van der Waals surface area contributed by atoms with Crippen molar-refractivity contribution in [1.82, 2.24) is 19.9 Å². The van der Waals surface area contributed by atoms with E-state index in [1.54, 1.807) is 43.6 Å². The van der Waals surface area contributed by atoms with Crippen LogP contribution >= 0.6 is 11.6 Å². The van der Waals surface area contributed by atoms with E-state index in [4.69, 9.17) is 22.1 Å². The monoisotopic (exact) mass is 514 g/mol. The van der Waals surface area contributed by atoms with Gasteiger partial charge in [-0.2, -0.15) is 9.61 Å². The lowest BCUT2D eigenvalue weighted by Gasteiger charge is -2.13. The predicted molar refractivity (Wildman–Crippen MR) is 134 cm³/mol. The molecule has 0 aliphatic rings. The van der Waals surface area contributed by atoms with Gasteiger partial charge in [0.25, 0.3) is 15.9 Å². The minimum Gasteiger partial charge on any atom is -0.383 e. The van der Waals surface area contributed by atoms with Crippen LogP contribution in [0.4, 0.5) is 11.5 Å². The number of methoxy groups -OCH3 is 1. The van der Waals surface area contributed by atoms with E-state index in [2.05, 4.69) is 20.1 Å². The molecular weight excluding hydrogens is 492 g/mol. The standard InChI is InChI=1S/C23H23ClN6O4S/c1-14-11-15(29-35(32,33)20-6-4-3-5-19(20)24)7-8-16(14)17-12-27-22-18(13-28-30(22)21(17)25)23(31)26-9-10-34-2/h3-8,11-13,29H,9-10,25H2,1-2H3,(H,26,31). The van der Waals surface area contributed by atoms with Gasteiger partial charge in [0, 0.05) is 31.1 Å². The topological polar surface area (TPSA) is 141 Å². The molecule has 35 heavy (non-hydrogen) atoms. The van der Waals surface area contributed by atoms with Crippen molar-refractivity contribution >= 4 is 44.7 Å². The maximum Gasteiger partial charge on any atom is 0.263 e. The number of nitrogens with one attached hydrogen (secondary N) is 2. The van der Waals surface area contributed by atoms with Crippen LogP contribution in [0.3, 0.4) is 0 Å². The summed E-state index contributed by atoms with van der Waals surface area (Å²) in [5.74, 6) is -0.0403. The summed E-state index contributed by atoms with van der Waals surface area (Å²) in [7, 11) is -2.32. The smallest absolute Gasteiger partial charge is 0.263 e. The molecule has 4 N–H and O–H groups in total. The van der Waals surface area contributed by atoms with Crippen LogP contribution in [0.15, 0.2) is 59.8 Å². The van der Waals surface area contributed by atoms with Gasteiger partial charge < -0.3 is 15.8 Å². The van der Waals surface area contributed by atoms with Crippen LogP contribution in [0.1, 0.15) is 15.9 Å². The number of nitrogen functional groups attached to an aromatic ring is 1. The highest BCUT2D eigenvalue weighted by Crippen LogP contribution is 2.32. The lowest BCUT2D eigenvalue weighted by Crippen LogP contribution is -2.26. The van der Waals surface area contributed by atoms with Crippen LogP contribution in [-0.2, 0) is 14.8 Å². The number of aryl methyl sites for hydroxylation is 1. The number of sulfonamides is 1. The van der Waals surface area contributed by atoms with E-state index >= 15 is 0 Å². The molecule has 0 unspecified atom stereocenters. The molecule has 0 aliphatic heterocycles. The Kier molecular flexibility index (Phi) is 6.92. The van der Waals surface area contributed by atoms with Gasteiger partial charge in [-0.25, -0.2) is 13.4 Å². The average molecular weight is 515 g/mol. The zero-order valence-corrected chi connectivity index (χ0v) is 20.5. The zero-order chi connectivity index (χ0) is 25.2. The highest BCUT2D eigenvalue weighted by atomic mass is 35.5. The Morgan fingerprint density at radius 3 is 2.66 bits per heavy atom. The summed E-state index contributed by atoms with van der Waals surface area (Å²) in [6.07, 6.45) is 2.97. The molecule has 4 rings (SSSR count).